The van der Waals surface area contributed by atoms with Gasteiger partial charge in [0.2, 0.25) is 0 Å². The third kappa shape index (κ3) is 2.58. The van der Waals surface area contributed by atoms with Crippen molar-refractivity contribution in [3.8, 4) is 0 Å². The fourth-order valence-electron chi connectivity index (χ4n) is 2.40. The van der Waals surface area contributed by atoms with Gasteiger partial charge in [-0.2, -0.15) is 0 Å². The number of hydrogen-bond acceptors (Lipinski definition) is 1. The average molecular weight is 277 g/mol. The maximum atomic E-state index is 11.6. The zero-order chi connectivity index (χ0) is 14.8. The van der Waals surface area contributed by atoms with Crippen molar-refractivity contribution in [1.82, 2.24) is 4.57 Å². The third-order valence-corrected chi connectivity index (χ3v) is 3.57. The summed E-state index contributed by atoms with van der Waals surface area (Å²) in [6, 6.07) is 17.4. The molecule has 3 aromatic rings. The number of carboxylic acid groups (broad SMARTS) is 1. The van der Waals surface area contributed by atoms with E-state index in [4.69, 9.17) is 0 Å². The molecule has 0 amide bonds. The molecule has 1 N–H and O–H groups in total. The van der Waals surface area contributed by atoms with E-state index < -0.39 is 5.97 Å². The minimum atomic E-state index is -0.925. The molecule has 0 atom stereocenters. The highest BCUT2D eigenvalue weighted by molar-refractivity contribution is 6.21. The van der Waals surface area contributed by atoms with Gasteiger partial charge in [-0.3, -0.25) is 0 Å². The molecular weight excluding hydrogens is 262 g/mol. The smallest absolute Gasteiger partial charge is 0.336 e. The molecule has 2 aromatic carbocycles. The molecule has 3 rings (SSSR count). The van der Waals surface area contributed by atoms with Gasteiger partial charge in [0.25, 0.3) is 0 Å². The molecule has 3 nitrogen and oxygen atoms in total. The zero-order valence-corrected chi connectivity index (χ0v) is 11.7. The van der Waals surface area contributed by atoms with Crippen LogP contribution in [0, 0.1) is 0 Å². The number of aryl methyl sites for hydroxylation is 1. The van der Waals surface area contributed by atoms with Crippen molar-refractivity contribution in [2.45, 2.75) is 0 Å². The monoisotopic (exact) mass is 277 g/mol. The number of nitrogens with zero attached hydrogens (tertiary/aromatic N) is 1. The molecule has 1 aromatic heterocycles. The molecule has 0 saturated heterocycles. The van der Waals surface area contributed by atoms with Crippen LogP contribution < -0.4 is 0 Å². The minimum Gasteiger partial charge on any atom is -0.478 e. The Morgan fingerprint density at radius 1 is 1.05 bits per heavy atom. The summed E-state index contributed by atoms with van der Waals surface area (Å²) in [7, 11) is 1.89. The molecule has 0 aliphatic carbocycles. The topological polar surface area (TPSA) is 42.2 Å². The largest absolute Gasteiger partial charge is 0.478 e. The van der Waals surface area contributed by atoms with Gasteiger partial charge in [-0.1, -0.05) is 36.4 Å². The summed E-state index contributed by atoms with van der Waals surface area (Å²) in [5.41, 5.74) is 1.87. The summed E-state index contributed by atoms with van der Waals surface area (Å²) >= 11 is 0. The van der Waals surface area contributed by atoms with Crippen LogP contribution in [0.25, 0.3) is 22.4 Å². The first-order chi connectivity index (χ1) is 10.1. The lowest BCUT2D eigenvalue weighted by Gasteiger charge is -2.06. The lowest BCUT2D eigenvalue weighted by molar-refractivity contribution is -0.130. The van der Waals surface area contributed by atoms with Crippen molar-refractivity contribution >= 4 is 28.4 Å². The molecule has 0 saturated carbocycles. The summed E-state index contributed by atoms with van der Waals surface area (Å²) in [6.07, 6.45) is 3.60. The quantitative estimate of drug-likeness (QED) is 0.740. The average Bonchev–Trinajstić information content (AvgIpc) is 2.89. The first-order valence-corrected chi connectivity index (χ1v) is 6.70. The first kappa shape index (κ1) is 13.2. The minimum absolute atomic E-state index is 0.294. The number of aliphatic carboxylic acids is 1. The number of hydrogen-bond donors (Lipinski definition) is 1. The van der Waals surface area contributed by atoms with E-state index in [0.29, 0.717) is 11.1 Å². The van der Waals surface area contributed by atoms with Crippen LogP contribution in [0.15, 0.2) is 60.8 Å². The molecule has 104 valence electrons. The molecule has 1 heterocycles. The molecule has 0 aliphatic rings. The van der Waals surface area contributed by atoms with Crippen molar-refractivity contribution in [2.75, 3.05) is 0 Å². The van der Waals surface area contributed by atoms with Crippen molar-refractivity contribution in [2.24, 2.45) is 7.05 Å². The van der Waals surface area contributed by atoms with Gasteiger partial charge in [-0.05, 0) is 40.6 Å². The summed E-state index contributed by atoms with van der Waals surface area (Å²) in [5.74, 6) is -0.925. The van der Waals surface area contributed by atoms with Crippen LogP contribution in [0.4, 0.5) is 0 Å². The molecule has 0 aliphatic heterocycles. The van der Waals surface area contributed by atoms with Gasteiger partial charge in [0, 0.05) is 18.9 Å². The van der Waals surface area contributed by atoms with Gasteiger partial charge in [0.1, 0.15) is 0 Å². The second-order valence-electron chi connectivity index (χ2n) is 4.97. The highest BCUT2D eigenvalue weighted by Crippen LogP contribution is 2.23. The predicted octanol–water partition coefficient (Wildman–Crippen LogP) is 3.80. The molecule has 0 spiro atoms. The fourth-order valence-corrected chi connectivity index (χ4v) is 2.40. The Labute approximate surface area is 122 Å². The van der Waals surface area contributed by atoms with Gasteiger partial charge in [-0.25, -0.2) is 4.79 Å². The maximum Gasteiger partial charge on any atom is 0.336 e. The molecular formula is C18H15NO2. The first-order valence-electron chi connectivity index (χ1n) is 6.70. The van der Waals surface area contributed by atoms with Gasteiger partial charge < -0.3 is 9.67 Å². The maximum absolute atomic E-state index is 11.6. The Hall–Kier alpha value is -2.81. The van der Waals surface area contributed by atoms with Crippen molar-refractivity contribution < 1.29 is 9.90 Å². The Bertz CT molecular complexity index is 843. The molecule has 0 unspecified atom stereocenters. The molecule has 0 radical (unpaired) electrons. The number of carboxylic acids is 1. The predicted molar refractivity (Wildman–Crippen MR) is 84.9 cm³/mol. The number of fused-ring (bicyclic) bond motifs is 1. The summed E-state index contributed by atoms with van der Waals surface area (Å²) in [5, 5.41) is 11.6. The van der Waals surface area contributed by atoms with Crippen molar-refractivity contribution in [3.05, 3.63) is 72.1 Å². The molecule has 3 heteroatoms. The Morgan fingerprint density at radius 2 is 1.81 bits per heavy atom. The van der Waals surface area contributed by atoms with Crippen LogP contribution in [0.5, 0.6) is 0 Å². The van der Waals surface area contributed by atoms with E-state index in [1.807, 2.05) is 72.4 Å². The van der Waals surface area contributed by atoms with Gasteiger partial charge in [-0.15, -0.1) is 0 Å². The Balaban J connectivity index is 2.14. The van der Waals surface area contributed by atoms with E-state index in [2.05, 4.69) is 0 Å². The Morgan fingerprint density at radius 3 is 2.48 bits per heavy atom. The van der Waals surface area contributed by atoms with Crippen molar-refractivity contribution in [3.63, 3.8) is 0 Å². The number of rotatable bonds is 3. The van der Waals surface area contributed by atoms with Crippen LogP contribution in [-0.4, -0.2) is 15.6 Å². The van der Waals surface area contributed by atoms with E-state index in [-0.39, 0.29) is 0 Å². The van der Waals surface area contributed by atoms with Gasteiger partial charge in [0.15, 0.2) is 0 Å². The number of benzene rings is 2. The van der Waals surface area contributed by atoms with E-state index >= 15 is 0 Å². The van der Waals surface area contributed by atoms with Crippen LogP contribution >= 0.6 is 0 Å². The highest BCUT2D eigenvalue weighted by atomic mass is 16.4. The van der Waals surface area contributed by atoms with Crippen LogP contribution in [0.3, 0.4) is 0 Å². The van der Waals surface area contributed by atoms with Gasteiger partial charge >= 0.3 is 5.97 Å². The lowest BCUT2D eigenvalue weighted by atomic mass is 10.0. The SMILES string of the molecule is Cn1cccc1/C=C(/C(=O)O)c1ccc2ccccc2c1. The zero-order valence-electron chi connectivity index (χ0n) is 11.7. The second kappa shape index (κ2) is 5.29. The normalized spacial score (nSPS) is 11.8. The van der Waals surface area contributed by atoms with Gasteiger partial charge in [0.05, 0.1) is 5.57 Å². The van der Waals surface area contributed by atoms with E-state index in [9.17, 15) is 9.90 Å². The summed E-state index contributed by atoms with van der Waals surface area (Å²) in [6.45, 7) is 0. The lowest BCUT2D eigenvalue weighted by Crippen LogP contribution is -2.01. The van der Waals surface area contributed by atoms with E-state index in [1.54, 1.807) is 6.08 Å². The summed E-state index contributed by atoms with van der Waals surface area (Å²) in [4.78, 5) is 11.6. The van der Waals surface area contributed by atoms with Crippen LogP contribution in [0.2, 0.25) is 0 Å². The summed E-state index contributed by atoms with van der Waals surface area (Å²) < 4.78 is 1.89. The van der Waals surface area contributed by atoms with Crippen molar-refractivity contribution in [1.29, 1.82) is 0 Å². The second-order valence-corrected chi connectivity index (χ2v) is 4.97. The number of carbonyl (C=O) groups is 1. The number of aromatic nitrogens is 1. The van der Waals surface area contributed by atoms with Crippen LogP contribution in [-0.2, 0) is 11.8 Å². The highest BCUT2D eigenvalue weighted by Gasteiger charge is 2.11. The molecule has 0 fully saturated rings. The molecule has 0 bridgehead atoms. The third-order valence-electron chi connectivity index (χ3n) is 3.57. The standard InChI is InChI=1S/C18H15NO2/c1-19-10-4-7-16(19)12-17(18(20)21)15-9-8-13-5-2-3-6-14(13)11-15/h2-12H,1H3,(H,20,21)/b17-12+. The molecule has 21 heavy (non-hydrogen) atoms. The Kier molecular flexibility index (Phi) is 3.32. The fraction of sp³-hybridized carbons (Fsp3) is 0.0556. The van der Waals surface area contributed by atoms with E-state index in [0.717, 1.165) is 16.5 Å². The van der Waals surface area contributed by atoms with E-state index in [1.165, 1.54) is 0 Å². The van der Waals surface area contributed by atoms with Crippen LogP contribution in [0.1, 0.15) is 11.3 Å².